The van der Waals surface area contributed by atoms with Crippen molar-refractivity contribution in [2.24, 2.45) is 5.10 Å². The van der Waals surface area contributed by atoms with E-state index in [0.717, 1.165) is 16.3 Å². The number of hydrogen-bond donors (Lipinski definition) is 2. The van der Waals surface area contributed by atoms with Crippen LogP contribution in [0.3, 0.4) is 0 Å². The van der Waals surface area contributed by atoms with Crippen LogP contribution in [-0.2, 0) is 14.8 Å². The molecule has 9 nitrogen and oxygen atoms in total. The summed E-state index contributed by atoms with van der Waals surface area (Å²) < 4.78 is 37.8. The van der Waals surface area contributed by atoms with E-state index in [1.807, 2.05) is 37.3 Å². The lowest BCUT2D eigenvalue weighted by Gasteiger charge is -2.11. The molecule has 0 saturated carbocycles. The summed E-state index contributed by atoms with van der Waals surface area (Å²) in [6, 6.07) is 23.6. The zero-order chi connectivity index (χ0) is 27.1. The highest BCUT2D eigenvalue weighted by atomic mass is 32.2. The summed E-state index contributed by atoms with van der Waals surface area (Å²) in [5.74, 6) is -0.402. The molecule has 0 spiro atoms. The highest BCUT2D eigenvalue weighted by Crippen LogP contribution is 2.27. The molecule has 4 aromatic rings. The molecule has 0 aromatic heterocycles. The van der Waals surface area contributed by atoms with E-state index in [1.54, 1.807) is 42.5 Å². The molecule has 1 amide bonds. The predicted molar refractivity (Wildman–Crippen MR) is 144 cm³/mol. The third-order valence-corrected chi connectivity index (χ3v) is 7.01. The molecule has 0 aliphatic carbocycles. The molecule has 0 heterocycles. The minimum Gasteiger partial charge on any atom is -0.497 e. The number of nitrogens with one attached hydrogen (secondary N) is 2. The number of hydrogen-bond acceptors (Lipinski definition) is 7. The van der Waals surface area contributed by atoms with E-state index in [-0.39, 0.29) is 10.6 Å². The number of nitrogens with zero attached hydrogens (tertiary/aromatic N) is 1. The number of sulfonamides is 1. The highest BCUT2D eigenvalue weighted by molar-refractivity contribution is 7.89. The van der Waals surface area contributed by atoms with Gasteiger partial charge in [-0.05, 0) is 60.2 Å². The first kappa shape index (κ1) is 26.5. The van der Waals surface area contributed by atoms with E-state index in [1.165, 1.54) is 25.5 Å². The van der Waals surface area contributed by atoms with Crippen molar-refractivity contribution in [1.82, 2.24) is 10.1 Å². The molecule has 0 aliphatic heterocycles. The Labute approximate surface area is 220 Å². The first-order valence-electron chi connectivity index (χ1n) is 11.5. The topological polar surface area (TPSA) is 123 Å². The molecule has 194 valence electrons. The number of methoxy groups -OCH3 is 1. The molecule has 0 atom stereocenters. The summed E-state index contributed by atoms with van der Waals surface area (Å²) in [5.41, 5.74) is 4.01. The van der Waals surface area contributed by atoms with Gasteiger partial charge in [0, 0.05) is 5.56 Å². The minimum absolute atomic E-state index is 0.0541. The molecule has 0 saturated heterocycles. The van der Waals surface area contributed by atoms with Gasteiger partial charge in [0.15, 0.2) is 0 Å². The molecule has 4 aromatic carbocycles. The second kappa shape index (κ2) is 11.7. The predicted octanol–water partition coefficient (Wildman–Crippen LogP) is 3.80. The molecule has 4 rings (SSSR count). The van der Waals surface area contributed by atoms with Gasteiger partial charge in [0.1, 0.15) is 11.5 Å². The fraction of sp³-hybridized carbons (Fsp3) is 0.107. The zero-order valence-corrected chi connectivity index (χ0v) is 21.5. The smallest absolute Gasteiger partial charge is 0.343 e. The summed E-state index contributed by atoms with van der Waals surface area (Å²) in [5, 5.41) is 5.58. The highest BCUT2D eigenvalue weighted by Gasteiger charge is 2.16. The van der Waals surface area contributed by atoms with E-state index in [2.05, 4.69) is 15.2 Å². The molecule has 2 N–H and O–H groups in total. The van der Waals surface area contributed by atoms with Crippen molar-refractivity contribution in [2.75, 3.05) is 13.7 Å². The fourth-order valence-electron chi connectivity index (χ4n) is 3.55. The average Bonchev–Trinajstić information content (AvgIpc) is 2.93. The summed E-state index contributed by atoms with van der Waals surface area (Å²) in [6.07, 6.45) is 1.35. The van der Waals surface area contributed by atoms with Crippen LogP contribution < -0.4 is 19.6 Å². The lowest BCUT2D eigenvalue weighted by molar-refractivity contribution is -0.119. The Morgan fingerprint density at radius 1 is 0.921 bits per heavy atom. The molecule has 10 heteroatoms. The number of hydrazone groups is 1. The standard InChI is InChI=1S/C28H25N3O6S/c1-19-7-14-23(15-8-19)38(34,35)30-18-27(32)31-29-17-25-24-6-4-3-5-20(24)11-16-26(25)37-28(33)21-9-12-22(36-2)13-10-21/h3-17,30H,18H2,1-2H3,(H,31,32). The van der Waals surface area contributed by atoms with Crippen molar-refractivity contribution in [3.63, 3.8) is 0 Å². The Morgan fingerprint density at radius 3 is 2.34 bits per heavy atom. The largest absolute Gasteiger partial charge is 0.497 e. The maximum Gasteiger partial charge on any atom is 0.343 e. The van der Waals surface area contributed by atoms with E-state index >= 15 is 0 Å². The first-order chi connectivity index (χ1) is 18.3. The molecule has 0 bridgehead atoms. The van der Waals surface area contributed by atoms with Gasteiger partial charge in [0.05, 0.1) is 30.3 Å². The maximum absolute atomic E-state index is 12.8. The van der Waals surface area contributed by atoms with Gasteiger partial charge in [-0.1, -0.05) is 48.0 Å². The van der Waals surface area contributed by atoms with E-state index in [0.29, 0.717) is 16.9 Å². The van der Waals surface area contributed by atoms with Crippen molar-refractivity contribution >= 4 is 38.9 Å². The monoisotopic (exact) mass is 531 g/mol. The number of ether oxygens (including phenoxy) is 2. The van der Waals surface area contributed by atoms with Crippen LogP contribution >= 0.6 is 0 Å². The van der Waals surface area contributed by atoms with Crippen LogP contribution in [0, 0.1) is 6.92 Å². The molecule has 0 unspecified atom stereocenters. The van der Waals surface area contributed by atoms with Crippen LogP contribution in [0.1, 0.15) is 21.5 Å². The SMILES string of the molecule is COc1ccc(C(=O)Oc2ccc3ccccc3c2C=NNC(=O)CNS(=O)(=O)c2ccc(C)cc2)cc1. The van der Waals surface area contributed by atoms with Gasteiger partial charge in [-0.2, -0.15) is 5.10 Å². The second-order valence-corrected chi connectivity index (χ2v) is 10.0. The van der Waals surface area contributed by atoms with Gasteiger partial charge in [0.25, 0.3) is 5.91 Å². The van der Waals surface area contributed by atoms with Gasteiger partial charge in [-0.15, -0.1) is 0 Å². The second-order valence-electron chi connectivity index (χ2n) is 8.25. The number of amides is 1. The third-order valence-electron chi connectivity index (χ3n) is 5.60. The third kappa shape index (κ3) is 6.41. The first-order valence-corrected chi connectivity index (χ1v) is 13.0. The van der Waals surface area contributed by atoms with Crippen molar-refractivity contribution in [1.29, 1.82) is 0 Å². The Balaban J connectivity index is 1.48. The van der Waals surface area contributed by atoms with Gasteiger partial charge in [-0.3, -0.25) is 4.79 Å². The normalized spacial score (nSPS) is 11.4. The summed E-state index contributed by atoms with van der Waals surface area (Å²) >= 11 is 0. The van der Waals surface area contributed by atoms with Crippen LogP contribution in [0.2, 0.25) is 0 Å². The summed E-state index contributed by atoms with van der Waals surface area (Å²) in [4.78, 5) is 25.1. The molecular weight excluding hydrogens is 506 g/mol. The Kier molecular flexibility index (Phi) is 8.15. The van der Waals surface area contributed by atoms with Crippen molar-refractivity contribution < 1.29 is 27.5 Å². The molecule has 0 fully saturated rings. The van der Waals surface area contributed by atoms with Gasteiger partial charge in [-0.25, -0.2) is 23.4 Å². The maximum atomic E-state index is 12.8. The van der Waals surface area contributed by atoms with E-state index in [4.69, 9.17) is 9.47 Å². The van der Waals surface area contributed by atoms with Crippen molar-refractivity contribution in [3.05, 3.63) is 102 Å². The van der Waals surface area contributed by atoms with Crippen molar-refractivity contribution in [3.8, 4) is 11.5 Å². The molecule has 0 aliphatic rings. The molecular formula is C28H25N3O6S. The minimum atomic E-state index is -3.86. The molecule has 0 radical (unpaired) electrons. The van der Waals surface area contributed by atoms with E-state index < -0.39 is 28.4 Å². The number of aryl methyl sites for hydroxylation is 1. The Bertz CT molecular complexity index is 1600. The average molecular weight is 532 g/mol. The number of carbonyl (C=O) groups excluding carboxylic acids is 2. The van der Waals surface area contributed by atoms with Crippen LogP contribution in [0.15, 0.2) is 94.9 Å². The Hall–Kier alpha value is -4.54. The van der Waals surface area contributed by atoms with Gasteiger partial charge >= 0.3 is 5.97 Å². The van der Waals surface area contributed by atoms with Crippen molar-refractivity contribution in [2.45, 2.75) is 11.8 Å². The van der Waals surface area contributed by atoms with Crippen LogP contribution in [0.5, 0.6) is 11.5 Å². The Morgan fingerprint density at radius 2 is 1.63 bits per heavy atom. The van der Waals surface area contributed by atoms with Gasteiger partial charge < -0.3 is 9.47 Å². The summed E-state index contributed by atoms with van der Waals surface area (Å²) in [6.45, 7) is 1.33. The molecule has 38 heavy (non-hydrogen) atoms. The van der Waals surface area contributed by atoms with Crippen LogP contribution in [0.25, 0.3) is 10.8 Å². The fourth-order valence-corrected chi connectivity index (χ4v) is 4.54. The lowest BCUT2D eigenvalue weighted by Crippen LogP contribution is -2.34. The zero-order valence-electron chi connectivity index (χ0n) is 20.7. The van der Waals surface area contributed by atoms with Gasteiger partial charge in [0.2, 0.25) is 10.0 Å². The van der Waals surface area contributed by atoms with E-state index in [9.17, 15) is 18.0 Å². The number of esters is 1. The number of fused-ring (bicyclic) bond motifs is 1. The number of benzene rings is 4. The van der Waals surface area contributed by atoms with Crippen LogP contribution in [0.4, 0.5) is 0 Å². The number of rotatable bonds is 9. The lowest BCUT2D eigenvalue weighted by atomic mass is 10.0. The summed E-state index contributed by atoms with van der Waals surface area (Å²) in [7, 11) is -2.32. The number of carbonyl (C=O) groups is 2. The quantitative estimate of drug-likeness (QED) is 0.147. The van der Waals surface area contributed by atoms with Crippen LogP contribution in [-0.4, -0.2) is 40.2 Å².